The van der Waals surface area contributed by atoms with E-state index in [0.29, 0.717) is 10.8 Å². The Morgan fingerprint density at radius 1 is 1.54 bits per heavy atom. The number of ether oxygens (including phenoxy) is 1. The summed E-state index contributed by atoms with van der Waals surface area (Å²) in [5.74, 6) is 0.641. The summed E-state index contributed by atoms with van der Waals surface area (Å²) in [6.45, 7) is 0.0327. The molecule has 0 aromatic heterocycles. The van der Waals surface area contributed by atoms with Gasteiger partial charge in [-0.3, -0.25) is 0 Å². The van der Waals surface area contributed by atoms with Crippen LogP contribution in [0.25, 0.3) is 6.08 Å². The fraction of sp³-hybridized carbons (Fsp3) is 0.200. The van der Waals surface area contributed by atoms with E-state index < -0.39 is 0 Å². The number of hydrogen-bond acceptors (Lipinski definition) is 2. The van der Waals surface area contributed by atoms with E-state index in [1.807, 2.05) is 12.1 Å². The van der Waals surface area contributed by atoms with Crippen LogP contribution in [0.2, 0.25) is 5.02 Å². The lowest BCUT2D eigenvalue weighted by Crippen LogP contribution is -1.84. The normalized spacial score (nSPS) is 10.7. The summed E-state index contributed by atoms with van der Waals surface area (Å²) in [6.07, 6.45) is 3.46. The zero-order valence-electron chi connectivity index (χ0n) is 7.33. The Morgan fingerprint density at radius 3 is 2.92 bits per heavy atom. The second kappa shape index (κ2) is 4.90. The second-order valence-electron chi connectivity index (χ2n) is 2.48. The van der Waals surface area contributed by atoms with Gasteiger partial charge in [-0.2, -0.15) is 0 Å². The van der Waals surface area contributed by atoms with Crippen LogP contribution in [-0.2, 0) is 0 Å². The van der Waals surface area contributed by atoms with Crippen LogP contribution in [0, 0.1) is 0 Å². The summed E-state index contributed by atoms with van der Waals surface area (Å²) in [4.78, 5) is 0. The molecule has 2 nitrogen and oxygen atoms in total. The fourth-order valence-corrected chi connectivity index (χ4v) is 1.16. The fourth-order valence-electron chi connectivity index (χ4n) is 0.969. The number of aliphatic hydroxyl groups is 1. The van der Waals surface area contributed by atoms with E-state index in [1.165, 1.54) is 0 Å². The van der Waals surface area contributed by atoms with Crippen LogP contribution in [0.3, 0.4) is 0 Å². The Labute approximate surface area is 82.4 Å². The van der Waals surface area contributed by atoms with Crippen LogP contribution in [0.5, 0.6) is 5.75 Å². The average molecular weight is 199 g/mol. The Balaban J connectivity index is 2.92. The lowest BCUT2D eigenvalue weighted by atomic mass is 10.2. The van der Waals surface area contributed by atoms with Gasteiger partial charge in [0, 0.05) is 0 Å². The molecule has 0 radical (unpaired) electrons. The molecular formula is C10H11ClO2. The van der Waals surface area contributed by atoms with Crippen LogP contribution in [0.15, 0.2) is 24.3 Å². The lowest BCUT2D eigenvalue weighted by molar-refractivity contribution is 0.343. The number of aliphatic hydroxyl groups excluding tert-OH is 1. The van der Waals surface area contributed by atoms with E-state index in [2.05, 4.69) is 0 Å². The largest absolute Gasteiger partial charge is 0.495 e. The molecule has 0 saturated heterocycles. The van der Waals surface area contributed by atoms with Gasteiger partial charge in [0.05, 0.1) is 18.7 Å². The molecular weight excluding hydrogens is 188 g/mol. The molecule has 0 bridgehead atoms. The lowest BCUT2D eigenvalue weighted by Gasteiger charge is -2.02. The first-order valence-electron chi connectivity index (χ1n) is 3.89. The molecule has 3 heteroatoms. The maximum Gasteiger partial charge on any atom is 0.138 e. The van der Waals surface area contributed by atoms with Gasteiger partial charge in [-0.25, -0.2) is 0 Å². The molecule has 70 valence electrons. The van der Waals surface area contributed by atoms with Gasteiger partial charge in [0.25, 0.3) is 0 Å². The summed E-state index contributed by atoms with van der Waals surface area (Å²) in [5, 5.41) is 9.15. The van der Waals surface area contributed by atoms with Crippen LogP contribution in [0.4, 0.5) is 0 Å². The molecule has 0 spiro atoms. The second-order valence-corrected chi connectivity index (χ2v) is 2.89. The Hall–Kier alpha value is -0.990. The highest BCUT2D eigenvalue weighted by atomic mass is 35.5. The predicted molar refractivity (Wildman–Crippen MR) is 54.1 cm³/mol. The molecule has 0 aliphatic rings. The van der Waals surface area contributed by atoms with Crippen molar-refractivity contribution < 1.29 is 9.84 Å². The van der Waals surface area contributed by atoms with Crippen molar-refractivity contribution in [3.05, 3.63) is 34.9 Å². The topological polar surface area (TPSA) is 29.5 Å². The number of rotatable bonds is 3. The van der Waals surface area contributed by atoms with Gasteiger partial charge in [-0.1, -0.05) is 29.8 Å². The monoisotopic (exact) mass is 198 g/mol. The predicted octanol–water partition coefficient (Wildman–Crippen LogP) is 2.35. The average Bonchev–Trinajstić information content (AvgIpc) is 2.16. The van der Waals surface area contributed by atoms with Gasteiger partial charge in [-0.05, 0) is 17.7 Å². The minimum Gasteiger partial charge on any atom is -0.495 e. The van der Waals surface area contributed by atoms with Crippen molar-refractivity contribution in [3.8, 4) is 5.75 Å². The zero-order chi connectivity index (χ0) is 9.68. The first-order chi connectivity index (χ1) is 6.27. The van der Waals surface area contributed by atoms with Crippen molar-refractivity contribution in [1.29, 1.82) is 0 Å². The van der Waals surface area contributed by atoms with Crippen molar-refractivity contribution in [2.45, 2.75) is 0 Å². The number of hydrogen-bond donors (Lipinski definition) is 1. The van der Waals surface area contributed by atoms with Crippen molar-refractivity contribution in [2.24, 2.45) is 0 Å². The van der Waals surface area contributed by atoms with Crippen molar-refractivity contribution >= 4 is 17.7 Å². The summed E-state index contributed by atoms with van der Waals surface area (Å²) < 4.78 is 5.04. The zero-order valence-corrected chi connectivity index (χ0v) is 8.08. The molecule has 1 aromatic carbocycles. The third-order valence-corrected chi connectivity index (χ3v) is 1.90. The smallest absolute Gasteiger partial charge is 0.138 e. The van der Waals surface area contributed by atoms with Gasteiger partial charge in [0.1, 0.15) is 5.75 Å². The van der Waals surface area contributed by atoms with E-state index in [0.717, 1.165) is 5.56 Å². The highest BCUT2D eigenvalue weighted by molar-refractivity contribution is 6.32. The Kier molecular flexibility index (Phi) is 3.80. The van der Waals surface area contributed by atoms with Crippen LogP contribution in [0.1, 0.15) is 5.56 Å². The van der Waals surface area contributed by atoms with Crippen LogP contribution in [-0.4, -0.2) is 18.8 Å². The minimum atomic E-state index is 0.0327. The van der Waals surface area contributed by atoms with Crippen molar-refractivity contribution in [3.63, 3.8) is 0 Å². The van der Waals surface area contributed by atoms with E-state index in [4.69, 9.17) is 21.4 Å². The molecule has 1 N–H and O–H groups in total. The first kappa shape index (κ1) is 10.1. The van der Waals surface area contributed by atoms with E-state index in [-0.39, 0.29) is 6.61 Å². The quantitative estimate of drug-likeness (QED) is 0.808. The SMILES string of the molecule is COc1cc(C=CCO)ccc1Cl. The molecule has 0 atom stereocenters. The molecule has 0 aliphatic carbocycles. The first-order valence-corrected chi connectivity index (χ1v) is 4.26. The highest BCUT2D eigenvalue weighted by Crippen LogP contribution is 2.25. The number of halogens is 1. The third kappa shape index (κ3) is 2.76. The molecule has 1 aromatic rings. The molecule has 0 saturated carbocycles. The molecule has 13 heavy (non-hydrogen) atoms. The van der Waals surface area contributed by atoms with E-state index in [1.54, 1.807) is 25.3 Å². The molecule has 0 aliphatic heterocycles. The summed E-state index contributed by atoms with van der Waals surface area (Å²) >= 11 is 5.83. The Bertz CT molecular complexity index is 308. The molecule has 0 fully saturated rings. The van der Waals surface area contributed by atoms with Gasteiger partial charge >= 0.3 is 0 Å². The van der Waals surface area contributed by atoms with Gasteiger partial charge in [0.2, 0.25) is 0 Å². The maximum atomic E-state index is 8.56. The number of benzene rings is 1. The van der Waals surface area contributed by atoms with Crippen LogP contribution < -0.4 is 4.74 Å². The van der Waals surface area contributed by atoms with Gasteiger partial charge < -0.3 is 9.84 Å². The third-order valence-electron chi connectivity index (χ3n) is 1.59. The summed E-state index contributed by atoms with van der Waals surface area (Å²) in [5.41, 5.74) is 0.954. The minimum absolute atomic E-state index is 0.0327. The van der Waals surface area contributed by atoms with Crippen molar-refractivity contribution in [1.82, 2.24) is 0 Å². The Morgan fingerprint density at radius 2 is 2.31 bits per heavy atom. The summed E-state index contributed by atoms with van der Waals surface area (Å²) in [7, 11) is 1.57. The standard InChI is InChI=1S/C10H11ClO2/c1-13-10-7-8(3-2-6-12)4-5-9(10)11/h2-5,7,12H,6H2,1H3. The molecule has 1 rings (SSSR count). The van der Waals surface area contributed by atoms with Gasteiger partial charge in [-0.15, -0.1) is 0 Å². The molecule has 0 unspecified atom stereocenters. The molecule has 0 amide bonds. The number of methoxy groups -OCH3 is 1. The van der Waals surface area contributed by atoms with Gasteiger partial charge in [0.15, 0.2) is 0 Å². The maximum absolute atomic E-state index is 8.56. The van der Waals surface area contributed by atoms with Crippen molar-refractivity contribution in [2.75, 3.05) is 13.7 Å². The molecule has 0 heterocycles. The van der Waals surface area contributed by atoms with Crippen LogP contribution >= 0.6 is 11.6 Å². The highest BCUT2D eigenvalue weighted by Gasteiger charge is 1.98. The van der Waals surface area contributed by atoms with E-state index >= 15 is 0 Å². The van der Waals surface area contributed by atoms with E-state index in [9.17, 15) is 0 Å². The summed E-state index contributed by atoms with van der Waals surface area (Å²) in [6, 6.07) is 5.43.